The van der Waals surface area contributed by atoms with Gasteiger partial charge in [-0.15, -0.1) is 0 Å². The number of nitrogens with zero attached hydrogens (tertiary/aromatic N) is 2. The summed E-state index contributed by atoms with van der Waals surface area (Å²) in [6.45, 7) is 0.331. The largest absolute Gasteiger partial charge is 0.399 e. The Labute approximate surface area is 111 Å². The lowest BCUT2D eigenvalue weighted by atomic mass is 10.2. The number of nitrogen functional groups attached to an aromatic ring is 1. The van der Waals surface area contributed by atoms with Crippen molar-refractivity contribution in [2.45, 2.75) is 19.1 Å². The molecule has 0 saturated heterocycles. The highest BCUT2D eigenvalue weighted by Crippen LogP contribution is 2.25. The molecular formula is C13H19N3O3. The minimum atomic E-state index is -0.166. The number of hydrogen-bond donors (Lipinski definition) is 3. The summed E-state index contributed by atoms with van der Waals surface area (Å²) in [6, 6.07) is 5.38. The van der Waals surface area contributed by atoms with E-state index in [2.05, 4.69) is 4.98 Å². The second-order valence-electron chi connectivity index (χ2n) is 4.43. The van der Waals surface area contributed by atoms with Crippen LogP contribution in [0.3, 0.4) is 0 Å². The van der Waals surface area contributed by atoms with E-state index in [1.165, 1.54) is 0 Å². The summed E-state index contributed by atoms with van der Waals surface area (Å²) in [5, 5.41) is 18.6. The maximum atomic E-state index is 9.46. The molecule has 6 heteroatoms. The van der Waals surface area contributed by atoms with Gasteiger partial charge < -0.3 is 25.3 Å². The monoisotopic (exact) mass is 265 g/mol. The summed E-state index contributed by atoms with van der Waals surface area (Å²) < 4.78 is 7.10. The smallest absolute Gasteiger partial charge is 0.136 e. The number of rotatable bonds is 6. The second-order valence-corrected chi connectivity index (χ2v) is 4.43. The van der Waals surface area contributed by atoms with Gasteiger partial charge in [0.05, 0.1) is 23.7 Å². The summed E-state index contributed by atoms with van der Waals surface area (Å²) in [7, 11) is 1.61. The van der Waals surface area contributed by atoms with Crippen LogP contribution in [-0.4, -0.2) is 40.1 Å². The Bertz CT molecular complexity index is 547. The van der Waals surface area contributed by atoms with Crippen LogP contribution in [0.5, 0.6) is 0 Å². The lowest BCUT2D eigenvalue weighted by Crippen LogP contribution is -2.18. The van der Waals surface area contributed by atoms with E-state index in [4.69, 9.17) is 10.5 Å². The molecule has 0 aliphatic rings. The Morgan fingerprint density at radius 1 is 1.42 bits per heavy atom. The molecule has 1 unspecified atom stereocenters. The molecule has 4 N–H and O–H groups in total. The molecule has 1 aromatic carbocycles. The highest BCUT2D eigenvalue weighted by Gasteiger charge is 2.18. The summed E-state index contributed by atoms with van der Waals surface area (Å²) >= 11 is 0. The standard InChI is InChI=1S/C13H19N3O3/c1-19-8-10(4-5-17)16-12-3-2-9(14)6-11(12)15-13(16)7-18/h2-3,6,10,17-18H,4-5,7-8,14H2,1H3. The van der Waals surface area contributed by atoms with Gasteiger partial charge in [-0.25, -0.2) is 4.98 Å². The van der Waals surface area contributed by atoms with Crippen molar-refractivity contribution in [2.24, 2.45) is 0 Å². The van der Waals surface area contributed by atoms with Gasteiger partial charge in [-0.1, -0.05) is 0 Å². The van der Waals surface area contributed by atoms with Crippen molar-refractivity contribution in [3.63, 3.8) is 0 Å². The van der Waals surface area contributed by atoms with E-state index >= 15 is 0 Å². The van der Waals surface area contributed by atoms with Gasteiger partial charge in [-0.05, 0) is 24.6 Å². The molecule has 0 aliphatic carbocycles. The number of methoxy groups -OCH3 is 1. The normalized spacial score (nSPS) is 13.0. The van der Waals surface area contributed by atoms with E-state index in [1.807, 2.05) is 10.6 Å². The van der Waals surface area contributed by atoms with Gasteiger partial charge in [0.1, 0.15) is 12.4 Å². The van der Waals surface area contributed by atoms with Crippen LogP contribution in [0.15, 0.2) is 18.2 Å². The van der Waals surface area contributed by atoms with Crippen molar-refractivity contribution in [1.82, 2.24) is 9.55 Å². The molecule has 0 saturated carbocycles. The average molecular weight is 265 g/mol. The molecule has 2 aromatic rings. The summed E-state index contributed by atoms with van der Waals surface area (Å²) in [5.41, 5.74) is 8.00. The predicted molar refractivity (Wildman–Crippen MR) is 72.7 cm³/mol. The third-order valence-electron chi connectivity index (χ3n) is 3.11. The number of anilines is 1. The molecular weight excluding hydrogens is 246 g/mol. The maximum absolute atomic E-state index is 9.46. The second kappa shape index (κ2) is 6.01. The Hall–Kier alpha value is -1.63. The fraction of sp³-hybridized carbons (Fsp3) is 0.462. The predicted octanol–water partition coefficient (Wildman–Crippen LogP) is 0.681. The van der Waals surface area contributed by atoms with Crippen LogP contribution in [-0.2, 0) is 11.3 Å². The van der Waals surface area contributed by atoms with Crippen LogP contribution >= 0.6 is 0 Å². The van der Waals surface area contributed by atoms with Crippen molar-refractivity contribution >= 4 is 16.7 Å². The van der Waals surface area contributed by atoms with Gasteiger partial charge in [0.2, 0.25) is 0 Å². The molecule has 1 aromatic heterocycles. The van der Waals surface area contributed by atoms with E-state index in [0.29, 0.717) is 24.5 Å². The number of aromatic nitrogens is 2. The fourth-order valence-corrected chi connectivity index (χ4v) is 2.31. The van der Waals surface area contributed by atoms with Crippen LogP contribution in [0.25, 0.3) is 11.0 Å². The van der Waals surface area contributed by atoms with Gasteiger partial charge in [0.15, 0.2) is 0 Å². The third-order valence-corrected chi connectivity index (χ3v) is 3.11. The van der Waals surface area contributed by atoms with Crippen molar-refractivity contribution in [3.8, 4) is 0 Å². The van der Waals surface area contributed by atoms with Gasteiger partial charge in [-0.3, -0.25) is 0 Å². The first kappa shape index (κ1) is 13.8. The van der Waals surface area contributed by atoms with Crippen LogP contribution in [0.4, 0.5) is 5.69 Å². The van der Waals surface area contributed by atoms with Crippen LogP contribution in [0, 0.1) is 0 Å². The van der Waals surface area contributed by atoms with E-state index in [9.17, 15) is 10.2 Å². The van der Waals surface area contributed by atoms with E-state index in [1.54, 1.807) is 19.2 Å². The van der Waals surface area contributed by atoms with Crippen molar-refractivity contribution < 1.29 is 14.9 Å². The number of aliphatic hydroxyl groups is 2. The average Bonchev–Trinajstić information content (AvgIpc) is 2.75. The first-order valence-corrected chi connectivity index (χ1v) is 6.18. The Kier molecular flexibility index (Phi) is 4.36. The summed E-state index contributed by atoms with van der Waals surface area (Å²) in [5.74, 6) is 0.552. The topological polar surface area (TPSA) is 93.5 Å². The Morgan fingerprint density at radius 2 is 2.21 bits per heavy atom. The Balaban J connectivity index is 2.54. The SMILES string of the molecule is COCC(CCO)n1c(CO)nc2cc(N)ccc21. The quantitative estimate of drug-likeness (QED) is 0.668. The van der Waals surface area contributed by atoms with E-state index < -0.39 is 0 Å². The van der Waals surface area contributed by atoms with Crippen molar-refractivity contribution in [1.29, 1.82) is 0 Å². The molecule has 0 spiro atoms. The highest BCUT2D eigenvalue weighted by molar-refractivity contribution is 5.79. The molecule has 19 heavy (non-hydrogen) atoms. The number of fused-ring (bicyclic) bond motifs is 1. The zero-order valence-corrected chi connectivity index (χ0v) is 10.9. The van der Waals surface area contributed by atoms with Crippen LogP contribution < -0.4 is 5.73 Å². The summed E-state index contributed by atoms with van der Waals surface area (Å²) in [4.78, 5) is 4.37. The van der Waals surface area contributed by atoms with E-state index in [-0.39, 0.29) is 19.3 Å². The number of aliphatic hydroxyl groups excluding tert-OH is 2. The lowest BCUT2D eigenvalue weighted by molar-refractivity contribution is 0.133. The van der Waals surface area contributed by atoms with Gasteiger partial charge >= 0.3 is 0 Å². The van der Waals surface area contributed by atoms with Crippen molar-refractivity contribution in [2.75, 3.05) is 26.1 Å². The number of ether oxygens (including phenoxy) is 1. The molecule has 0 amide bonds. The lowest BCUT2D eigenvalue weighted by Gasteiger charge is -2.19. The molecule has 6 nitrogen and oxygen atoms in total. The number of benzene rings is 1. The van der Waals surface area contributed by atoms with Gasteiger partial charge in [-0.2, -0.15) is 0 Å². The Morgan fingerprint density at radius 3 is 2.84 bits per heavy atom. The molecule has 0 aliphatic heterocycles. The number of nitrogens with two attached hydrogens (primary N) is 1. The maximum Gasteiger partial charge on any atom is 0.136 e. The van der Waals surface area contributed by atoms with Gasteiger partial charge in [0, 0.05) is 19.4 Å². The first-order valence-electron chi connectivity index (χ1n) is 6.18. The zero-order chi connectivity index (χ0) is 13.8. The highest BCUT2D eigenvalue weighted by atomic mass is 16.5. The first-order chi connectivity index (χ1) is 9.21. The zero-order valence-electron chi connectivity index (χ0n) is 10.9. The molecule has 2 rings (SSSR count). The minimum absolute atomic E-state index is 0.0491. The van der Waals surface area contributed by atoms with Gasteiger partial charge in [0.25, 0.3) is 0 Å². The number of hydrogen-bond acceptors (Lipinski definition) is 5. The minimum Gasteiger partial charge on any atom is -0.399 e. The molecule has 1 heterocycles. The van der Waals surface area contributed by atoms with Crippen molar-refractivity contribution in [3.05, 3.63) is 24.0 Å². The molecule has 1 atom stereocenters. The third kappa shape index (κ3) is 2.70. The van der Waals surface area contributed by atoms with Crippen LogP contribution in [0.1, 0.15) is 18.3 Å². The molecule has 0 bridgehead atoms. The van der Waals surface area contributed by atoms with E-state index in [0.717, 1.165) is 11.0 Å². The summed E-state index contributed by atoms with van der Waals surface area (Å²) in [6.07, 6.45) is 0.538. The number of imidazole rings is 1. The molecule has 0 fully saturated rings. The molecule has 0 radical (unpaired) electrons. The molecule has 104 valence electrons. The fourth-order valence-electron chi connectivity index (χ4n) is 2.31. The van der Waals surface area contributed by atoms with Crippen LogP contribution in [0.2, 0.25) is 0 Å².